The van der Waals surface area contributed by atoms with E-state index in [1.807, 2.05) is 19.2 Å². The Bertz CT molecular complexity index is 255. The van der Waals surface area contributed by atoms with E-state index in [0.29, 0.717) is 6.61 Å². The van der Waals surface area contributed by atoms with Gasteiger partial charge >= 0.3 is 0 Å². The highest BCUT2D eigenvalue weighted by Gasteiger charge is 2.05. The molecule has 66 valence electrons. The topological polar surface area (TPSA) is 48.1 Å². The maximum Gasteiger partial charge on any atom is 0.0745 e. The second-order valence-corrected chi connectivity index (χ2v) is 3.59. The molecule has 0 aliphatic rings. The van der Waals surface area contributed by atoms with Gasteiger partial charge in [0.05, 0.1) is 6.61 Å². The summed E-state index contributed by atoms with van der Waals surface area (Å²) in [4.78, 5) is 8.60. The first-order chi connectivity index (χ1) is 5.74. The van der Waals surface area contributed by atoms with E-state index in [2.05, 4.69) is 25.8 Å². The number of hydrogen-bond donors (Lipinski definition) is 1. The summed E-state index contributed by atoms with van der Waals surface area (Å²) in [5, 5.41) is 0. The summed E-state index contributed by atoms with van der Waals surface area (Å²) in [5.74, 6) is 5.25. The van der Waals surface area contributed by atoms with Crippen LogP contribution in [-0.4, -0.2) is 11.6 Å². The first kappa shape index (κ1) is 9.64. The van der Waals surface area contributed by atoms with E-state index in [4.69, 9.17) is 5.90 Å². The molecule has 0 aromatic carbocycles. The van der Waals surface area contributed by atoms with Crippen LogP contribution < -0.4 is 5.90 Å². The molecule has 0 aliphatic carbocycles. The number of aromatic nitrogens is 1. The maximum absolute atomic E-state index is 4.97. The van der Waals surface area contributed by atoms with Crippen molar-refractivity contribution in [2.24, 2.45) is 5.90 Å². The van der Waals surface area contributed by atoms with Crippen LogP contribution in [0.1, 0.15) is 18.4 Å². The van der Waals surface area contributed by atoms with Crippen molar-refractivity contribution in [3.05, 3.63) is 28.5 Å². The Balaban J connectivity index is 2.73. The Morgan fingerprint density at radius 3 is 3.00 bits per heavy atom. The first-order valence-electron chi connectivity index (χ1n) is 3.66. The normalized spacial score (nSPS) is 12.9. The Morgan fingerprint density at radius 2 is 2.42 bits per heavy atom. The molecule has 0 saturated carbocycles. The van der Waals surface area contributed by atoms with Crippen molar-refractivity contribution in [2.45, 2.75) is 12.8 Å². The molecule has 4 heteroatoms. The summed E-state index contributed by atoms with van der Waals surface area (Å²) in [6.45, 7) is 2.55. The number of halogens is 1. The average molecular weight is 231 g/mol. The fourth-order valence-electron chi connectivity index (χ4n) is 0.938. The molecule has 0 spiro atoms. The zero-order valence-corrected chi connectivity index (χ0v) is 8.41. The summed E-state index contributed by atoms with van der Waals surface area (Å²) in [5.41, 5.74) is 1.12. The van der Waals surface area contributed by atoms with Crippen molar-refractivity contribution in [3.8, 4) is 0 Å². The Kier molecular flexibility index (Phi) is 3.65. The minimum absolute atomic E-state index is 0.278. The van der Waals surface area contributed by atoms with E-state index in [-0.39, 0.29) is 5.92 Å². The van der Waals surface area contributed by atoms with Gasteiger partial charge in [-0.3, -0.25) is 4.98 Å². The molecule has 0 aliphatic heterocycles. The van der Waals surface area contributed by atoms with Crippen LogP contribution in [0.15, 0.2) is 22.9 Å². The summed E-state index contributed by atoms with van der Waals surface area (Å²) in [6.07, 6.45) is 3.56. The molecule has 1 aromatic heterocycles. The highest BCUT2D eigenvalue weighted by Crippen LogP contribution is 2.17. The van der Waals surface area contributed by atoms with Gasteiger partial charge in [-0.15, -0.1) is 0 Å². The zero-order chi connectivity index (χ0) is 8.97. The quantitative estimate of drug-likeness (QED) is 0.807. The molecular weight excluding hydrogens is 220 g/mol. The van der Waals surface area contributed by atoms with Gasteiger partial charge in [0.25, 0.3) is 0 Å². The summed E-state index contributed by atoms with van der Waals surface area (Å²) in [7, 11) is 0. The van der Waals surface area contributed by atoms with Gasteiger partial charge in [-0.05, 0) is 27.6 Å². The molecule has 0 fully saturated rings. The lowest BCUT2D eigenvalue weighted by Crippen LogP contribution is -2.08. The van der Waals surface area contributed by atoms with Crippen molar-refractivity contribution in [3.63, 3.8) is 0 Å². The number of pyridine rings is 1. The van der Waals surface area contributed by atoms with Gasteiger partial charge in [0.15, 0.2) is 0 Å². The molecular formula is C8H11BrN2O. The minimum atomic E-state index is 0.278. The SMILES string of the molecule is CC(CON)c1cncc(Br)c1. The van der Waals surface area contributed by atoms with Crippen LogP contribution in [0.2, 0.25) is 0 Å². The third-order valence-electron chi connectivity index (χ3n) is 1.64. The number of rotatable bonds is 3. The zero-order valence-electron chi connectivity index (χ0n) is 6.83. The van der Waals surface area contributed by atoms with Crippen molar-refractivity contribution < 1.29 is 4.84 Å². The molecule has 0 bridgehead atoms. The smallest absolute Gasteiger partial charge is 0.0745 e. The van der Waals surface area contributed by atoms with E-state index in [9.17, 15) is 0 Å². The molecule has 1 atom stereocenters. The second-order valence-electron chi connectivity index (χ2n) is 2.67. The molecule has 0 radical (unpaired) electrons. The summed E-state index contributed by atoms with van der Waals surface area (Å²) < 4.78 is 0.976. The first-order valence-corrected chi connectivity index (χ1v) is 4.45. The molecule has 12 heavy (non-hydrogen) atoms. The number of nitrogens with two attached hydrogens (primary N) is 1. The van der Waals surface area contributed by atoms with E-state index in [1.54, 1.807) is 6.20 Å². The van der Waals surface area contributed by atoms with Crippen molar-refractivity contribution >= 4 is 15.9 Å². The van der Waals surface area contributed by atoms with E-state index in [1.165, 1.54) is 0 Å². The fourth-order valence-corrected chi connectivity index (χ4v) is 1.32. The maximum atomic E-state index is 4.97. The third kappa shape index (κ3) is 2.55. The number of nitrogens with zero attached hydrogens (tertiary/aromatic N) is 1. The van der Waals surface area contributed by atoms with Gasteiger partial charge < -0.3 is 4.84 Å². The molecule has 1 unspecified atom stereocenters. The predicted octanol–water partition coefficient (Wildman–Crippen LogP) is 1.84. The molecule has 1 rings (SSSR count). The lowest BCUT2D eigenvalue weighted by Gasteiger charge is -2.08. The van der Waals surface area contributed by atoms with E-state index < -0.39 is 0 Å². The van der Waals surface area contributed by atoms with Gasteiger partial charge in [0.2, 0.25) is 0 Å². The monoisotopic (exact) mass is 230 g/mol. The lowest BCUT2D eigenvalue weighted by atomic mass is 10.1. The van der Waals surface area contributed by atoms with Crippen molar-refractivity contribution in [2.75, 3.05) is 6.61 Å². The average Bonchev–Trinajstić information content (AvgIpc) is 2.05. The van der Waals surface area contributed by atoms with Crippen LogP contribution in [0.4, 0.5) is 0 Å². The van der Waals surface area contributed by atoms with Crippen LogP contribution in [0.5, 0.6) is 0 Å². The largest absolute Gasteiger partial charge is 0.304 e. The molecule has 2 N–H and O–H groups in total. The van der Waals surface area contributed by atoms with Gasteiger partial charge in [-0.1, -0.05) is 6.92 Å². The molecule has 0 amide bonds. The molecule has 3 nitrogen and oxygen atoms in total. The number of hydrogen-bond acceptors (Lipinski definition) is 3. The van der Waals surface area contributed by atoms with E-state index in [0.717, 1.165) is 10.0 Å². The van der Waals surface area contributed by atoms with Crippen molar-refractivity contribution in [1.29, 1.82) is 0 Å². The van der Waals surface area contributed by atoms with Gasteiger partial charge in [-0.2, -0.15) is 0 Å². The van der Waals surface area contributed by atoms with Crippen LogP contribution in [-0.2, 0) is 4.84 Å². The Labute approximate surface area is 80.0 Å². The van der Waals surface area contributed by atoms with Crippen LogP contribution in [0.3, 0.4) is 0 Å². The van der Waals surface area contributed by atoms with Gasteiger partial charge in [0, 0.05) is 22.8 Å². The lowest BCUT2D eigenvalue weighted by molar-refractivity contribution is 0.126. The predicted molar refractivity (Wildman–Crippen MR) is 50.5 cm³/mol. The Hall–Kier alpha value is -0.450. The molecule has 0 saturated heterocycles. The van der Waals surface area contributed by atoms with Crippen LogP contribution in [0.25, 0.3) is 0 Å². The van der Waals surface area contributed by atoms with Crippen molar-refractivity contribution in [1.82, 2.24) is 4.98 Å². The van der Waals surface area contributed by atoms with Crippen LogP contribution in [0, 0.1) is 0 Å². The highest BCUT2D eigenvalue weighted by molar-refractivity contribution is 9.10. The Morgan fingerprint density at radius 1 is 1.67 bits per heavy atom. The highest BCUT2D eigenvalue weighted by atomic mass is 79.9. The molecule has 1 aromatic rings. The van der Waals surface area contributed by atoms with Crippen LogP contribution >= 0.6 is 15.9 Å². The summed E-state index contributed by atoms with van der Waals surface area (Å²) >= 11 is 3.35. The standard InChI is InChI=1S/C8H11BrN2O/c1-6(5-12-10)7-2-8(9)4-11-3-7/h2-4,6H,5,10H2,1H3. The second kappa shape index (κ2) is 4.54. The van der Waals surface area contributed by atoms with Gasteiger partial charge in [0.1, 0.15) is 0 Å². The summed E-state index contributed by atoms with van der Waals surface area (Å²) in [6, 6.07) is 2.01. The third-order valence-corrected chi connectivity index (χ3v) is 2.07. The van der Waals surface area contributed by atoms with E-state index >= 15 is 0 Å². The molecule has 1 heterocycles. The fraction of sp³-hybridized carbons (Fsp3) is 0.375. The minimum Gasteiger partial charge on any atom is -0.304 e. The van der Waals surface area contributed by atoms with Gasteiger partial charge in [-0.25, -0.2) is 5.90 Å².